The van der Waals surface area contributed by atoms with E-state index in [0.717, 1.165) is 6.92 Å². The number of Topliss-reactive ketones (excluding diaryl/α,β-unsaturated/α-hetero) is 1. The number of phenolic OH excluding ortho intramolecular Hbond substituents is 2. The summed E-state index contributed by atoms with van der Waals surface area (Å²) in [5, 5.41) is 18.2. The Morgan fingerprint density at radius 3 is 2.50 bits per heavy atom. The molecule has 0 fully saturated rings. The van der Waals surface area contributed by atoms with Gasteiger partial charge in [0, 0.05) is 6.92 Å². The van der Waals surface area contributed by atoms with Crippen LogP contribution in [0.5, 0.6) is 17.2 Å². The third-order valence-electron chi connectivity index (χ3n) is 1.47. The predicted octanol–water partition coefficient (Wildman–Crippen LogP) is 0.592. The van der Waals surface area contributed by atoms with Crippen LogP contribution in [0.3, 0.4) is 0 Å². The summed E-state index contributed by atoms with van der Waals surface area (Å²) < 4.78 is 4.49. The summed E-state index contributed by atoms with van der Waals surface area (Å²) in [5.41, 5.74) is 0. The first kappa shape index (κ1) is 10.0. The van der Waals surface area contributed by atoms with Crippen molar-refractivity contribution in [3.8, 4) is 17.2 Å². The van der Waals surface area contributed by atoms with Crippen molar-refractivity contribution in [3.63, 3.8) is 0 Å². The molecular weight excluding hydrogens is 188 g/mol. The summed E-state index contributed by atoms with van der Waals surface area (Å²) in [4.78, 5) is 21.3. The lowest BCUT2D eigenvalue weighted by Crippen LogP contribution is -2.16. The van der Waals surface area contributed by atoms with Gasteiger partial charge in [-0.05, 0) is 12.1 Å². The number of carbonyl (C=O) groups is 2. The zero-order valence-corrected chi connectivity index (χ0v) is 7.35. The number of aromatic hydroxyl groups is 2. The van der Waals surface area contributed by atoms with Gasteiger partial charge in [-0.25, -0.2) is 4.79 Å². The van der Waals surface area contributed by atoms with Gasteiger partial charge in [0.2, 0.25) is 11.5 Å². The number of hydrogen-bond donors (Lipinski definition) is 2. The number of ketones is 1. The van der Waals surface area contributed by atoms with E-state index in [1.807, 2.05) is 0 Å². The first-order valence-corrected chi connectivity index (χ1v) is 3.76. The molecule has 0 aromatic heterocycles. The molecule has 0 heterocycles. The topological polar surface area (TPSA) is 83.8 Å². The van der Waals surface area contributed by atoms with Crippen molar-refractivity contribution in [2.75, 3.05) is 0 Å². The summed E-state index contributed by atoms with van der Waals surface area (Å²) >= 11 is 0. The van der Waals surface area contributed by atoms with Gasteiger partial charge in [-0.15, -0.1) is 0 Å². The van der Waals surface area contributed by atoms with Gasteiger partial charge in [0.15, 0.2) is 11.5 Å². The number of phenols is 2. The molecule has 0 aliphatic heterocycles. The Hall–Kier alpha value is -2.04. The number of ether oxygens (including phenoxy) is 1. The highest BCUT2D eigenvalue weighted by atomic mass is 16.5. The molecule has 0 aliphatic rings. The Labute approximate surface area is 79.6 Å². The Bertz CT molecular complexity index is 383. The van der Waals surface area contributed by atoms with Crippen LogP contribution in [0.2, 0.25) is 0 Å². The van der Waals surface area contributed by atoms with Crippen LogP contribution in [0.25, 0.3) is 0 Å². The highest BCUT2D eigenvalue weighted by Crippen LogP contribution is 2.34. The molecule has 2 N–H and O–H groups in total. The molecule has 0 saturated carbocycles. The molecule has 0 saturated heterocycles. The Morgan fingerprint density at radius 2 is 1.93 bits per heavy atom. The van der Waals surface area contributed by atoms with Crippen LogP contribution >= 0.6 is 0 Å². The van der Waals surface area contributed by atoms with E-state index in [1.165, 1.54) is 18.2 Å². The summed E-state index contributed by atoms with van der Waals surface area (Å²) in [6, 6.07) is 3.86. The Morgan fingerprint density at radius 1 is 1.29 bits per heavy atom. The number of esters is 1. The fourth-order valence-electron chi connectivity index (χ4n) is 0.765. The van der Waals surface area contributed by atoms with Crippen LogP contribution in [0.15, 0.2) is 18.2 Å². The minimum atomic E-state index is -1.09. The van der Waals surface area contributed by atoms with E-state index in [-0.39, 0.29) is 5.75 Å². The number of benzene rings is 1. The second kappa shape index (κ2) is 3.78. The number of carbonyl (C=O) groups excluding carboxylic acids is 2. The van der Waals surface area contributed by atoms with Gasteiger partial charge < -0.3 is 14.9 Å². The molecule has 1 aromatic carbocycles. The lowest BCUT2D eigenvalue weighted by molar-refractivity contribution is -0.146. The van der Waals surface area contributed by atoms with Crippen molar-refractivity contribution >= 4 is 11.8 Å². The summed E-state index contributed by atoms with van der Waals surface area (Å²) in [6.07, 6.45) is 0. The standard InChI is InChI=1S/C9H8O5/c1-5(10)9(13)14-7-4-2-3-6(11)8(7)12/h2-4,11-12H,1H3. The average molecular weight is 196 g/mol. The summed E-state index contributed by atoms with van der Waals surface area (Å²) in [5.74, 6) is -3.11. The van der Waals surface area contributed by atoms with Gasteiger partial charge in [-0.3, -0.25) is 4.79 Å². The smallest absolute Gasteiger partial charge is 0.379 e. The fourth-order valence-corrected chi connectivity index (χ4v) is 0.765. The monoisotopic (exact) mass is 196 g/mol. The number of para-hydroxylation sites is 1. The zero-order valence-electron chi connectivity index (χ0n) is 7.35. The van der Waals surface area contributed by atoms with Crippen LogP contribution < -0.4 is 4.74 Å². The fraction of sp³-hybridized carbons (Fsp3) is 0.111. The van der Waals surface area contributed by atoms with Crippen molar-refractivity contribution < 1.29 is 24.5 Å². The van der Waals surface area contributed by atoms with E-state index in [2.05, 4.69) is 4.74 Å². The molecule has 0 unspecified atom stereocenters. The SMILES string of the molecule is CC(=O)C(=O)Oc1cccc(O)c1O. The van der Waals surface area contributed by atoms with Gasteiger partial charge in [0.25, 0.3) is 0 Å². The maximum Gasteiger partial charge on any atom is 0.379 e. The molecule has 0 radical (unpaired) electrons. The van der Waals surface area contributed by atoms with Gasteiger partial charge in [-0.1, -0.05) is 6.07 Å². The Kier molecular flexibility index (Phi) is 2.71. The van der Waals surface area contributed by atoms with E-state index in [1.54, 1.807) is 0 Å². The van der Waals surface area contributed by atoms with E-state index < -0.39 is 23.3 Å². The molecule has 5 nitrogen and oxygen atoms in total. The molecule has 0 atom stereocenters. The molecule has 0 amide bonds. The van der Waals surface area contributed by atoms with Gasteiger partial charge in [0.1, 0.15) is 0 Å². The molecule has 74 valence electrons. The second-order valence-electron chi connectivity index (χ2n) is 2.57. The third-order valence-corrected chi connectivity index (χ3v) is 1.47. The molecule has 0 aliphatic carbocycles. The van der Waals surface area contributed by atoms with Gasteiger partial charge >= 0.3 is 5.97 Å². The lowest BCUT2D eigenvalue weighted by atomic mass is 10.3. The second-order valence-corrected chi connectivity index (χ2v) is 2.57. The van der Waals surface area contributed by atoms with E-state index in [9.17, 15) is 14.7 Å². The minimum Gasteiger partial charge on any atom is -0.504 e. The van der Waals surface area contributed by atoms with Crippen LogP contribution in [0, 0.1) is 0 Å². The van der Waals surface area contributed by atoms with Crippen molar-refractivity contribution in [2.45, 2.75) is 6.92 Å². The molecule has 0 bridgehead atoms. The van der Waals surface area contributed by atoms with E-state index in [4.69, 9.17) is 5.11 Å². The molecule has 14 heavy (non-hydrogen) atoms. The quantitative estimate of drug-likeness (QED) is 0.313. The average Bonchev–Trinajstić information content (AvgIpc) is 2.12. The van der Waals surface area contributed by atoms with Crippen LogP contribution in [0.1, 0.15) is 6.92 Å². The third kappa shape index (κ3) is 2.01. The van der Waals surface area contributed by atoms with Gasteiger partial charge in [0.05, 0.1) is 0 Å². The first-order valence-electron chi connectivity index (χ1n) is 3.76. The van der Waals surface area contributed by atoms with Gasteiger partial charge in [-0.2, -0.15) is 0 Å². The summed E-state index contributed by atoms with van der Waals surface area (Å²) in [6.45, 7) is 1.04. The van der Waals surface area contributed by atoms with Crippen LogP contribution in [-0.2, 0) is 9.59 Å². The van der Waals surface area contributed by atoms with Crippen LogP contribution in [-0.4, -0.2) is 22.0 Å². The number of hydrogen-bond acceptors (Lipinski definition) is 5. The Balaban J connectivity index is 2.93. The maximum absolute atomic E-state index is 10.8. The minimum absolute atomic E-state index is 0.245. The first-order chi connectivity index (χ1) is 6.52. The van der Waals surface area contributed by atoms with Crippen LogP contribution in [0.4, 0.5) is 0 Å². The van der Waals surface area contributed by atoms with Crippen molar-refractivity contribution in [2.24, 2.45) is 0 Å². The molecule has 1 aromatic rings. The maximum atomic E-state index is 10.8. The summed E-state index contributed by atoms with van der Waals surface area (Å²) in [7, 11) is 0. The van der Waals surface area contributed by atoms with E-state index in [0.29, 0.717) is 0 Å². The molecular formula is C9H8O5. The normalized spacial score (nSPS) is 9.50. The molecule has 5 heteroatoms. The zero-order chi connectivity index (χ0) is 10.7. The number of rotatable bonds is 2. The highest BCUT2D eigenvalue weighted by molar-refractivity contribution is 6.33. The van der Waals surface area contributed by atoms with E-state index >= 15 is 0 Å². The van der Waals surface area contributed by atoms with Crippen molar-refractivity contribution in [1.82, 2.24) is 0 Å². The molecule has 0 spiro atoms. The van der Waals surface area contributed by atoms with Crippen molar-refractivity contribution in [1.29, 1.82) is 0 Å². The van der Waals surface area contributed by atoms with Crippen molar-refractivity contribution in [3.05, 3.63) is 18.2 Å². The predicted molar refractivity (Wildman–Crippen MR) is 46.1 cm³/mol. The lowest BCUT2D eigenvalue weighted by Gasteiger charge is -2.04. The highest BCUT2D eigenvalue weighted by Gasteiger charge is 2.14. The largest absolute Gasteiger partial charge is 0.504 e. The molecule has 1 rings (SSSR count).